The lowest BCUT2D eigenvalue weighted by Gasteiger charge is -2.19. The zero-order valence-electron chi connectivity index (χ0n) is 18.0. The van der Waals surface area contributed by atoms with Gasteiger partial charge < -0.3 is 14.2 Å². The van der Waals surface area contributed by atoms with Crippen LogP contribution >= 0.6 is 0 Å². The van der Waals surface area contributed by atoms with Crippen molar-refractivity contribution in [3.05, 3.63) is 24.0 Å². The summed E-state index contributed by atoms with van der Waals surface area (Å²) in [6.45, 7) is 15.4. The number of rotatable bonds is 2. The molecule has 1 fully saturated rings. The summed E-state index contributed by atoms with van der Waals surface area (Å²) >= 11 is 0. The molecular formula is C22H35N3O2. The van der Waals surface area contributed by atoms with Gasteiger partial charge in [0.2, 0.25) is 5.91 Å². The Morgan fingerprint density at radius 3 is 2.37 bits per heavy atom. The molecule has 1 aliphatic heterocycles. The number of benzene rings is 1. The number of carbonyl (C=O) groups excluding carboxylic acids is 1. The maximum Gasteiger partial charge on any atom is 0.223 e. The highest BCUT2D eigenvalue weighted by molar-refractivity contribution is 5.93. The van der Waals surface area contributed by atoms with Crippen LogP contribution < -0.4 is 4.90 Å². The van der Waals surface area contributed by atoms with E-state index in [4.69, 9.17) is 9.72 Å². The van der Waals surface area contributed by atoms with E-state index in [1.165, 1.54) is 12.8 Å². The first-order valence-corrected chi connectivity index (χ1v) is 9.98. The van der Waals surface area contributed by atoms with Crippen molar-refractivity contribution < 1.29 is 9.53 Å². The molecule has 1 saturated heterocycles. The fourth-order valence-corrected chi connectivity index (χ4v) is 3.22. The molecule has 0 unspecified atom stereocenters. The number of hydrogen-bond donors (Lipinski definition) is 0. The second-order valence-corrected chi connectivity index (χ2v) is 8.48. The van der Waals surface area contributed by atoms with Crippen LogP contribution in [0.15, 0.2) is 18.2 Å². The molecule has 5 heteroatoms. The smallest absolute Gasteiger partial charge is 0.223 e. The van der Waals surface area contributed by atoms with Gasteiger partial charge in [-0.15, -0.1) is 0 Å². The van der Waals surface area contributed by atoms with E-state index < -0.39 is 0 Å². The van der Waals surface area contributed by atoms with Crippen LogP contribution in [-0.4, -0.2) is 35.7 Å². The third-order valence-electron chi connectivity index (χ3n) is 5.09. The van der Waals surface area contributed by atoms with Crippen molar-refractivity contribution in [2.75, 3.05) is 25.2 Å². The predicted octanol–water partition coefficient (Wildman–Crippen LogP) is 4.77. The first-order chi connectivity index (χ1) is 12.6. The lowest BCUT2D eigenvalue weighted by molar-refractivity contribution is -0.116. The zero-order chi connectivity index (χ0) is 20.2. The van der Waals surface area contributed by atoms with Crippen LogP contribution in [0, 0.1) is 5.92 Å². The van der Waals surface area contributed by atoms with E-state index in [1.807, 2.05) is 12.1 Å². The molecule has 0 spiro atoms. The molecule has 0 aliphatic carbocycles. The molecule has 0 radical (unpaired) electrons. The predicted molar refractivity (Wildman–Crippen MR) is 112 cm³/mol. The summed E-state index contributed by atoms with van der Waals surface area (Å²) in [7, 11) is 1.78. The average molecular weight is 374 g/mol. The molecule has 27 heavy (non-hydrogen) atoms. The number of ether oxygens (including phenoxy) is 1. The van der Waals surface area contributed by atoms with Gasteiger partial charge in [0.1, 0.15) is 5.82 Å². The van der Waals surface area contributed by atoms with Gasteiger partial charge in [-0.3, -0.25) is 4.79 Å². The Morgan fingerprint density at radius 2 is 1.93 bits per heavy atom. The summed E-state index contributed by atoms with van der Waals surface area (Å²) < 4.78 is 7.38. The highest BCUT2D eigenvalue weighted by Gasteiger charge is 2.22. The van der Waals surface area contributed by atoms with E-state index in [9.17, 15) is 4.79 Å². The summed E-state index contributed by atoms with van der Waals surface area (Å²) in [5, 5.41) is 0. The van der Waals surface area contributed by atoms with Crippen molar-refractivity contribution >= 4 is 22.6 Å². The third-order valence-corrected chi connectivity index (χ3v) is 5.09. The third kappa shape index (κ3) is 5.32. The van der Waals surface area contributed by atoms with Crippen LogP contribution in [0.5, 0.6) is 0 Å². The standard InChI is InChI=1S/C16H23N3O.C6H12O/c1-7-19-14-9-8-12(18(6)11(2)20)10-13(14)17-15(19)16(3,4)5;1-6-2-4-7-5-3-6/h8-10H,7H2,1-6H3;6H,2-5H2,1H3. The van der Waals surface area contributed by atoms with E-state index in [-0.39, 0.29) is 11.3 Å². The summed E-state index contributed by atoms with van der Waals surface area (Å²) in [6.07, 6.45) is 2.53. The van der Waals surface area contributed by atoms with Crippen molar-refractivity contribution in [2.24, 2.45) is 5.92 Å². The summed E-state index contributed by atoms with van der Waals surface area (Å²) in [6, 6.07) is 6.01. The van der Waals surface area contributed by atoms with Crippen LogP contribution in [0.1, 0.15) is 60.2 Å². The van der Waals surface area contributed by atoms with Gasteiger partial charge in [0.15, 0.2) is 0 Å². The molecule has 0 atom stereocenters. The molecule has 2 heterocycles. The van der Waals surface area contributed by atoms with E-state index in [1.54, 1.807) is 18.9 Å². The Kier molecular flexibility index (Phi) is 7.04. The number of aromatic nitrogens is 2. The van der Waals surface area contributed by atoms with Gasteiger partial charge in [-0.05, 0) is 43.9 Å². The molecule has 5 nitrogen and oxygen atoms in total. The highest BCUT2D eigenvalue weighted by Crippen LogP contribution is 2.28. The number of amides is 1. The van der Waals surface area contributed by atoms with Crippen LogP contribution in [-0.2, 0) is 21.5 Å². The van der Waals surface area contributed by atoms with E-state index in [2.05, 4.69) is 45.3 Å². The molecule has 150 valence electrons. The molecule has 1 amide bonds. The fourth-order valence-electron chi connectivity index (χ4n) is 3.22. The van der Waals surface area contributed by atoms with Crippen LogP contribution in [0.25, 0.3) is 11.0 Å². The number of imidazole rings is 1. The molecule has 0 bridgehead atoms. The highest BCUT2D eigenvalue weighted by atomic mass is 16.5. The number of aryl methyl sites for hydroxylation is 1. The first kappa shape index (κ1) is 21.4. The van der Waals surface area contributed by atoms with E-state index in [0.29, 0.717) is 0 Å². The quantitative estimate of drug-likeness (QED) is 0.762. The topological polar surface area (TPSA) is 47.4 Å². The largest absolute Gasteiger partial charge is 0.381 e. The van der Waals surface area contributed by atoms with Crippen molar-refractivity contribution in [1.82, 2.24) is 9.55 Å². The minimum Gasteiger partial charge on any atom is -0.381 e. The first-order valence-electron chi connectivity index (χ1n) is 9.98. The number of fused-ring (bicyclic) bond motifs is 1. The summed E-state index contributed by atoms with van der Waals surface area (Å²) in [5.41, 5.74) is 2.95. The van der Waals surface area contributed by atoms with Gasteiger partial charge in [0.25, 0.3) is 0 Å². The second-order valence-electron chi connectivity index (χ2n) is 8.48. The van der Waals surface area contributed by atoms with Gasteiger partial charge >= 0.3 is 0 Å². The second kappa shape index (κ2) is 8.87. The van der Waals surface area contributed by atoms with Crippen LogP contribution in [0.2, 0.25) is 0 Å². The Labute approximate surface area is 163 Å². The van der Waals surface area contributed by atoms with E-state index >= 15 is 0 Å². The number of carbonyl (C=O) groups is 1. The fraction of sp³-hybridized carbons (Fsp3) is 0.636. The van der Waals surface area contributed by atoms with Gasteiger partial charge in [0.05, 0.1) is 11.0 Å². The molecule has 0 N–H and O–H groups in total. The molecular weight excluding hydrogens is 338 g/mol. The SMILES string of the molecule is CC1CCOCC1.CCn1c(C(C)(C)C)nc2cc(N(C)C(C)=O)ccc21. The van der Waals surface area contributed by atoms with Gasteiger partial charge in [-0.2, -0.15) is 0 Å². The maximum atomic E-state index is 11.5. The number of anilines is 1. The van der Waals surface area contributed by atoms with Crippen LogP contribution in [0.3, 0.4) is 0 Å². The average Bonchev–Trinajstić information content (AvgIpc) is 3.00. The lowest BCUT2D eigenvalue weighted by Crippen LogP contribution is -2.22. The monoisotopic (exact) mass is 373 g/mol. The normalized spacial score (nSPS) is 15.4. The summed E-state index contributed by atoms with van der Waals surface area (Å²) in [5.74, 6) is 2.02. The molecule has 0 saturated carbocycles. The lowest BCUT2D eigenvalue weighted by atomic mass is 9.96. The van der Waals surface area contributed by atoms with Gasteiger partial charge in [-0.25, -0.2) is 4.98 Å². The van der Waals surface area contributed by atoms with Crippen molar-refractivity contribution in [1.29, 1.82) is 0 Å². The number of nitrogens with zero attached hydrogens (tertiary/aromatic N) is 3. The molecule has 1 aliphatic rings. The molecule has 1 aromatic heterocycles. The number of hydrogen-bond acceptors (Lipinski definition) is 3. The van der Waals surface area contributed by atoms with Crippen molar-refractivity contribution in [2.45, 2.75) is 66.3 Å². The Hall–Kier alpha value is -1.88. The van der Waals surface area contributed by atoms with Crippen molar-refractivity contribution in [3.63, 3.8) is 0 Å². The maximum absolute atomic E-state index is 11.5. The zero-order valence-corrected chi connectivity index (χ0v) is 18.0. The van der Waals surface area contributed by atoms with Gasteiger partial charge in [-0.1, -0.05) is 27.7 Å². The Balaban J connectivity index is 0.000000313. The minimum absolute atomic E-state index is 0.00166. The van der Waals surface area contributed by atoms with Crippen LogP contribution in [0.4, 0.5) is 5.69 Å². The minimum atomic E-state index is 0.00166. The Bertz CT molecular complexity index is 768. The molecule has 3 rings (SSSR count). The Morgan fingerprint density at radius 1 is 1.30 bits per heavy atom. The molecule has 1 aromatic carbocycles. The summed E-state index contributed by atoms with van der Waals surface area (Å²) in [4.78, 5) is 17.9. The van der Waals surface area contributed by atoms with E-state index in [0.717, 1.165) is 48.2 Å². The van der Waals surface area contributed by atoms with Gasteiger partial charge in [0, 0.05) is 44.8 Å². The molecule has 2 aromatic rings. The van der Waals surface area contributed by atoms with Crippen molar-refractivity contribution in [3.8, 4) is 0 Å².